The van der Waals surface area contributed by atoms with Crippen LogP contribution >= 0.6 is 0 Å². The van der Waals surface area contributed by atoms with Crippen molar-refractivity contribution in [2.75, 3.05) is 50.7 Å². The Morgan fingerprint density at radius 2 is 1.83 bits per heavy atom. The zero-order valence-corrected chi connectivity index (χ0v) is 21.7. The Kier molecular flexibility index (Phi) is 8.22. The van der Waals surface area contributed by atoms with Gasteiger partial charge in [0.15, 0.2) is 0 Å². The molecule has 1 N–H and O–H groups in total. The standard InChI is InChI=1S/C25H33N6O4.Fe/c1-28-21-15-18(3-4-19(21)23(27-28)20-5-6-22(32)26-24(20)33)30-13-11-29(12-14-30)16-17-7-9-31(10-8-17)25(34)35-2;/h3-4,15,17,20H,2,5-14,16H2,1H3,(H,26,32,33);/q-1;. The van der Waals surface area contributed by atoms with Gasteiger partial charge in [0, 0.05) is 87.4 Å². The van der Waals surface area contributed by atoms with Crippen molar-refractivity contribution < 1.29 is 36.2 Å². The van der Waals surface area contributed by atoms with E-state index in [2.05, 4.69) is 50.3 Å². The molecule has 36 heavy (non-hydrogen) atoms. The minimum absolute atomic E-state index is 0. The third kappa shape index (κ3) is 5.38. The SMILES string of the molecule is [CH2-]OC(=O)N1CCC(CN2CCN(c3ccc4c(C5CCC(=O)NC5=O)nn(C)c4c3)CC2)CC1.[Fe]. The molecule has 1 unspecified atom stereocenters. The van der Waals surface area contributed by atoms with Gasteiger partial charge in [-0.2, -0.15) is 12.2 Å². The molecule has 0 bridgehead atoms. The molecule has 3 fully saturated rings. The smallest absolute Gasteiger partial charge is 0.377 e. The molecule has 11 heteroatoms. The van der Waals surface area contributed by atoms with E-state index in [1.54, 1.807) is 4.90 Å². The van der Waals surface area contributed by atoms with Crippen molar-refractivity contribution in [3.63, 3.8) is 0 Å². The molecule has 3 aliphatic rings. The molecule has 5 rings (SSSR count). The minimum atomic E-state index is -0.387. The number of aryl methyl sites for hydroxylation is 1. The first kappa shape index (κ1) is 26.4. The first-order valence-electron chi connectivity index (χ1n) is 12.4. The van der Waals surface area contributed by atoms with Crippen LogP contribution < -0.4 is 10.2 Å². The topological polar surface area (TPSA) is 100 Å². The fourth-order valence-electron chi connectivity index (χ4n) is 5.63. The van der Waals surface area contributed by atoms with E-state index in [9.17, 15) is 14.4 Å². The van der Waals surface area contributed by atoms with Crippen molar-refractivity contribution in [3.05, 3.63) is 31.0 Å². The van der Waals surface area contributed by atoms with E-state index in [1.165, 1.54) is 0 Å². The van der Waals surface area contributed by atoms with Gasteiger partial charge in [-0.05, 0) is 43.4 Å². The van der Waals surface area contributed by atoms with Crippen LogP contribution in [0.25, 0.3) is 10.9 Å². The molecule has 3 amide bonds. The molecule has 2 aromatic rings. The normalized spacial score (nSPS) is 21.9. The van der Waals surface area contributed by atoms with Gasteiger partial charge >= 0.3 is 6.09 Å². The quantitative estimate of drug-likeness (QED) is 0.361. The Morgan fingerprint density at radius 1 is 1.11 bits per heavy atom. The summed E-state index contributed by atoms with van der Waals surface area (Å²) in [5.41, 5.74) is 2.91. The van der Waals surface area contributed by atoms with Gasteiger partial charge in [0.1, 0.15) is 0 Å². The molecule has 196 valence electrons. The number of aromatic nitrogens is 2. The number of nitrogens with zero attached hydrogens (tertiary/aromatic N) is 5. The number of carbonyl (C=O) groups is 3. The number of hydrogen-bond donors (Lipinski definition) is 1. The van der Waals surface area contributed by atoms with Crippen LogP contribution in [-0.2, 0) is 38.4 Å². The second kappa shape index (κ2) is 11.2. The van der Waals surface area contributed by atoms with Gasteiger partial charge in [0.25, 0.3) is 0 Å². The van der Waals surface area contributed by atoms with Crippen molar-refractivity contribution in [1.82, 2.24) is 24.9 Å². The Bertz CT molecular complexity index is 1120. The summed E-state index contributed by atoms with van der Waals surface area (Å²) in [7, 11) is 5.12. The molecule has 0 saturated carbocycles. The molecule has 0 radical (unpaired) electrons. The van der Waals surface area contributed by atoms with Crippen LogP contribution in [0.3, 0.4) is 0 Å². The van der Waals surface area contributed by atoms with Crippen LogP contribution in [0.5, 0.6) is 0 Å². The van der Waals surface area contributed by atoms with Gasteiger partial charge in [-0.3, -0.25) is 24.5 Å². The number of hydrogen-bond acceptors (Lipinski definition) is 7. The van der Waals surface area contributed by atoms with Gasteiger partial charge in [-0.25, -0.2) is 4.79 Å². The Morgan fingerprint density at radius 3 is 2.50 bits per heavy atom. The van der Waals surface area contributed by atoms with E-state index in [0.717, 1.165) is 80.9 Å². The third-order valence-corrected chi connectivity index (χ3v) is 7.68. The summed E-state index contributed by atoms with van der Waals surface area (Å²) < 4.78 is 6.43. The maximum atomic E-state index is 12.4. The second-order valence-electron chi connectivity index (χ2n) is 9.84. The first-order chi connectivity index (χ1) is 16.9. The van der Waals surface area contributed by atoms with Crippen molar-refractivity contribution in [2.24, 2.45) is 13.0 Å². The number of likely N-dealkylation sites (tertiary alicyclic amines) is 1. The Labute approximate surface area is 221 Å². The Hall–Kier alpha value is -2.62. The number of fused-ring (bicyclic) bond motifs is 1. The molecule has 0 spiro atoms. The van der Waals surface area contributed by atoms with Crippen LogP contribution in [0, 0.1) is 13.0 Å². The number of anilines is 1. The summed E-state index contributed by atoms with van der Waals surface area (Å²) in [6.45, 7) is 6.47. The zero-order valence-electron chi connectivity index (χ0n) is 20.6. The van der Waals surface area contributed by atoms with E-state index >= 15 is 0 Å². The van der Waals surface area contributed by atoms with Crippen molar-refractivity contribution in [3.8, 4) is 0 Å². The maximum absolute atomic E-state index is 12.4. The minimum Gasteiger partial charge on any atom is -0.624 e. The van der Waals surface area contributed by atoms with Crippen LogP contribution in [-0.4, -0.2) is 83.3 Å². The molecule has 1 atom stereocenters. The third-order valence-electron chi connectivity index (χ3n) is 7.68. The molecular weight excluding hydrogens is 504 g/mol. The molecule has 3 aliphatic heterocycles. The summed E-state index contributed by atoms with van der Waals surface area (Å²) in [5, 5.41) is 8.07. The number of piperazine rings is 1. The summed E-state index contributed by atoms with van der Waals surface area (Å²) in [6.07, 6.45) is 2.52. The number of amides is 3. The van der Waals surface area contributed by atoms with Crippen LogP contribution in [0.2, 0.25) is 0 Å². The van der Waals surface area contributed by atoms with E-state index in [1.807, 2.05) is 11.7 Å². The number of imide groups is 1. The maximum Gasteiger partial charge on any atom is 0.377 e. The number of rotatable bonds is 4. The summed E-state index contributed by atoms with van der Waals surface area (Å²) in [4.78, 5) is 42.2. The number of carbonyl (C=O) groups excluding carboxylic acids is 3. The fourth-order valence-corrected chi connectivity index (χ4v) is 5.63. The van der Waals surface area contributed by atoms with Crippen LogP contribution in [0.1, 0.15) is 37.3 Å². The molecule has 1 aromatic heterocycles. The summed E-state index contributed by atoms with van der Waals surface area (Å²) in [5.74, 6) is -0.250. The average Bonchev–Trinajstić information content (AvgIpc) is 3.20. The van der Waals surface area contributed by atoms with Gasteiger partial charge in [-0.15, -0.1) is 0 Å². The van der Waals surface area contributed by atoms with Crippen LogP contribution in [0.15, 0.2) is 18.2 Å². The molecule has 1 aromatic carbocycles. The van der Waals surface area contributed by atoms with E-state index in [-0.39, 0.29) is 40.9 Å². The van der Waals surface area contributed by atoms with E-state index in [0.29, 0.717) is 18.8 Å². The largest absolute Gasteiger partial charge is 0.624 e. The van der Waals surface area contributed by atoms with Crippen molar-refractivity contribution >= 4 is 34.5 Å². The summed E-state index contributed by atoms with van der Waals surface area (Å²) in [6, 6.07) is 6.34. The monoisotopic (exact) mass is 537 g/mol. The summed E-state index contributed by atoms with van der Waals surface area (Å²) >= 11 is 0. The molecular formula is C25H33FeN6O4-. The molecule has 10 nitrogen and oxygen atoms in total. The molecule has 0 aliphatic carbocycles. The number of benzene rings is 1. The second-order valence-corrected chi connectivity index (χ2v) is 9.84. The number of nitrogens with one attached hydrogen (secondary N) is 1. The van der Waals surface area contributed by atoms with Crippen molar-refractivity contribution in [2.45, 2.75) is 31.6 Å². The Balaban J connectivity index is 0.00000304. The predicted molar refractivity (Wildman–Crippen MR) is 131 cm³/mol. The van der Waals surface area contributed by atoms with E-state index in [4.69, 9.17) is 0 Å². The number of ether oxygens (including phenoxy) is 1. The predicted octanol–water partition coefficient (Wildman–Crippen LogP) is 1.85. The zero-order chi connectivity index (χ0) is 24.5. The fraction of sp³-hybridized carbons (Fsp3) is 0.560. The van der Waals surface area contributed by atoms with Crippen LogP contribution in [0.4, 0.5) is 10.5 Å². The number of piperidine rings is 2. The first-order valence-corrected chi connectivity index (χ1v) is 12.4. The van der Waals surface area contributed by atoms with Crippen molar-refractivity contribution in [1.29, 1.82) is 0 Å². The average molecular weight is 537 g/mol. The van der Waals surface area contributed by atoms with E-state index < -0.39 is 0 Å². The van der Waals surface area contributed by atoms with Gasteiger partial charge in [0.2, 0.25) is 11.8 Å². The van der Waals surface area contributed by atoms with Gasteiger partial charge < -0.3 is 14.5 Å². The van der Waals surface area contributed by atoms with Gasteiger partial charge in [0.05, 0.1) is 17.1 Å². The van der Waals surface area contributed by atoms with Gasteiger partial charge in [-0.1, -0.05) is 0 Å². The molecule has 3 saturated heterocycles. The molecule has 4 heterocycles.